The van der Waals surface area contributed by atoms with Crippen molar-refractivity contribution in [1.82, 2.24) is 5.32 Å². The van der Waals surface area contributed by atoms with E-state index in [9.17, 15) is 0 Å². The van der Waals surface area contributed by atoms with E-state index in [4.69, 9.17) is 0 Å². The number of hydrogen-bond acceptors (Lipinski definition) is 1. The normalized spacial score (nSPS) is 25.3. The molecule has 1 aromatic rings. The van der Waals surface area contributed by atoms with Crippen molar-refractivity contribution in [3.8, 4) is 0 Å². The van der Waals surface area contributed by atoms with Gasteiger partial charge in [-0.3, -0.25) is 0 Å². The summed E-state index contributed by atoms with van der Waals surface area (Å²) in [6, 6.07) is 11.3. The van der Waals surface area contributed by atoms with Gasteiger partial charge in [-0.1, -0.05) is 30.3 Å². The molecule has 1 aliphatic heterocycles. The fourth-order valence-corrected chi connectivity index (χ4v) is 1.56. The molecule has 1 unspecified atom stereocenters. The van der Waals surface area contributed by atoms with Crippen molar-refractivity contribution in [1.29, 1.82) is 0 Å². The Bertz CT molecular complexity index is 264. The minimum absolute atomic E-state index is 0.371. The summed E-state index contributed by atoms with van der Waals surface area (Å²) in [5.74, 6) is 0. The van der Waals surface area contributed by atoms with Gasteiger partial charge in [-0.05, 0) is 25.8 Å². The van der Waals surface area contributed by atoms with Gasteiger partial charge >= 0.3 is 0 Å². The highest BCUT2D eigenvalue weighted by Crippen LogP contribution is 2.27. The number of hydrogen-bond donors (Lipinski definition) is 1. The first kappa shape index (κ1) is 7.81. The number of nitrogens with one attached hydrogen (secondary N) is 1. The quantitative estimate of drug-likeness (QED) is 0.658. The lowest BCUT2D eigenvalue weighted by molar-refractivity contribution is 0.734. The van der Waals surface area contributed by atoms with Gasteiger partial charge in [0.15, 0.2) is 0 Å². The van der Waals surface area contributed by atoms with Crippen LogP contribution in [-0.2, 0) is 6.42 Å². The average molecular weight is 161 g/mol. The first-order chi connectivity index (χ1) is 5.68. The lowest BCUT2D eigenvalue weighted by Crippen LogP contribution is -2.05. The van der Waals surface area contributed by atoms with Gasteiger partial charge < -0.3 is 5.32 Å². The summed E-state index contributed by atoms with van der Waals surface area (Å²) in [5, 5.41) is 3.46. The first-order valence-electron chi connectivity index (χ1n) is 4.50. The van der Waals surface area contributed by atoms with Gasteiger partial charge in [-0.2, -0.15) is 0 Å². The molecular weight excluding hydrogens is 146 g/mol. The summed E-state index contributed by atoms with van der Waals surface area (Å²) in [6.07, 6.45) is 1.16. The maximum atomic E-state index is 3.46. The van der Waals surface area contributed by atoms with Crippen LogP contribution in [0.1, 0.15) is 19.4 Å². The molecule has 1 heterocycles. The van der Waals surface area contributed by atoms with Crippen molar-refractivity contribution in [2.24, 2.45) is 0 Å². The summed E-state index contributed by atoms with van der Waals surface area (Å²) in [6.45, 7) is 4.50. The minimum Gasteiger partial charge on any atom is -0.305 e. The third-order valence-electron chi connectivity index (χ3n) is 2.62. The monoisotopic (exact) mass is 161 g/mol. The van der Waals surface area contributed by atoms with Crippen LogP contribution < -0.4 is 5.32 Å². The van der Waals surface area contributed by atoms with E-state index in [2.05, 4.69) is 49.5 Å². The third-order valence-corrected chi connectivity index (χ3v) is 2.62. The Morgan fingerprint density at radius 3 is 2.33 bits per heavy atom. The van der Waals surface area contributed by atoms with Crippen LogP contribution in [0.5, 0.6) is 0 Å². The molecule has 0 aliphatic carbocycles. The van der Waals surface area contributed by atoms with Crippen LogP contribution in [0.4, 0.5) is 0 Å². The molecule has 1 heteroatoms. The second-order valence-corrected chi connectivity index (χ2v) is 4.11. The highest BCUT2D eigenvalue weighted by Gasteiger charge is 2.44. The average Bonchev–Trinajstić information content (AvgIpc) is 2.61. The predicted octanol–water partition coefficient (Wildman–Crippen LogP) is 1.98. The molecule has 0 saturated carbocycles. The van der Waals surface area contributed by atoms with Crippen molar-refractivity contribution >= 4 is 0 Å². The van der Waals surface area contributed by atoms with E-state index in [0.29, 0.717) is 11.6 Å². The molecule has 0 bridgehead atoms. The standard InChI is InChI=1S/C11H15N/c1-11(2)10(12-11)8-9-6-4-3-5-7-9/h3-7,10,12H,8H2,1-2H3. The summed E-state index contributed by atoms with van der Waals surface area (Å²) >= 11 is 0. The molecule has 0 spiro atoms. The van der Waals surface area contributed by atoms with E-state index in [1.807, 2.05) is 0 Å². The molecule has 0 radical (unpaired) electrons. The van der Waals surface area contributed by atoms with E-state index in [1.54, 1.807) is 0 Å². The van der Waals surface area contributed by atoms with Gasteiger partial charge in [0.25, 0.3) is 0 Å². The van der Waals surface area contributed by atoms with Crippen LogP contribution in [-0.4, -0.2) is 11.6 Å². The molecule has 12 heavy (non-hydrogen) atoms. The van der Waals surface area contributed by atoms with E-state index >= 15 is 0 Å². The maximum absolute atomic E-state index is 3.46. The lowest BCUT2D eigenvalue weighted by atomic mass is 10.0. The first-order valence-corrected chi connectivity index (χ1v) is 4.50. The SMILES string of the molecule is CC1(C)NC1Cc1ccccc1. The number of rotatable bonds is 2. The zero-order valence-corrected chi connectivity index (χ0v) is 7.67. The third kappa shape index (κ3) is 1.51. The van der Waals surface area contributed by atoms with Gasteiger partial charge in [-0.15, -0.1) is 0 Å². The van der Waals surface area contributed by atoms with E-state index in [-0.39, 0.29) is 0 Å². The van der Waals surface area contributed by atoms with Gasteiger partial charge in [0, 0.05) is 11.6 Å². The Balaban J connectivity index is 1.98. The van der Waals surface area contributed by atoms with E-state index in [1.165, 1.54) is 5.56 Å². The van der Waals surface area contributed by atoms with E-state index < -0.39 is 0 Å². The van der Waals surface area contributed by atoms with Crippen molar-refractivity contribution in [2.75, 3.05) is 0 Å². The van der Waals surface area contributed by atoms with E-state index in [0.717, 1.165) is 6.42 Å². The largest absolute Gasteiger partial charge is 0.305 e. The molecule has 1 atom stereocenters. The van der Waals surface area contributed by atoms with Crippen LogP contribution in [0.2, 0.25) is 0 Å². The zero-order valence-electron chi connectivity index (χ0n) is 7.67. The van der Waals surface area contributed by atoms with Gasteiger partial charge in [0.1, 0.15) is 0 Å². The Morgan fingerprint density at radius 1 is 1.25 bits per heavy atom. The fourth-order valence-electron chi connectivity index (χ4n) is 1.56. The highest BCUT2D eigenvalue weighted by atomic mass is 15.2. The fraction of sp³-hybridized carbons (Fsp3) is 0.455. The molecule has 1 nitrogen and oxygen atoms in total. The maximum Gasteiger partial charge on any atom is 0.0290 e. The zero-order chi connectivity index (χ0) is 8.60. The topological polar surface area (TPSA) is 21.9 Å². The molecule has 1 fully saturated rings. The minimum atomic E-state index is 0.371. The molecular formula is C11H15N. The van der Waals surface area contributed by atoms with Crippen molar-refractivity contribution in [3.05, 3.63) is 35.9 Å². The molecule has 64 valence electrons. The van der Waals surface area contributed by atoms with Crippen LogP contribution in [0, 0.1) is 0 Å². The van der Waals surface area contributed by atoms with Crippen LogP contribution in [0.25, 0.3) is 0 Å². The Morgan fingerprint density at radius 2 is 1.83 bits per heavy atom. The van der Waals surface area contributed by atoms with Crippen molar-refractivity contribution < 1.29 is 0 Å². The van der Waals surface area contributed by atoms with Crippen molar-refractivity contribution in [2.45, 2.75) is 31.8 Å². The van der Waals surface area contributed by atoms with Crippen LogP contribution in [0.15, 0.2) is 30.3 Å². The lowest BCUT2D eigenvalue weighted by Gasteiger charge is -1.99. The highest BCUT2D eigenvalue weighted by molar-refractivity contribution is 5.21. The molecule has 0 amide bonds. The smallest absolute Gasteiger partial charge is 0.0290 e. The molecule has 1 N–H and O–H groups in total. The number of benzene rings is 1. The molecule has 0 aromatic heterocycles. The Kier molecular flexibility index (Phi) is 1.69. The Labute approximate surface area is 73.8 Å². The summed E-state index contributed by atoms with van der Waals surface area (Å²) < 4.78 is 0. The predicted molar refractivity (Wildman–Crippen MR) is 51.1 cm³/mol. The summed E-state index contributed by atoms with van der Waals surface area (Å²) in [7, 11) is 0. The molecule has 1 aliphatic rings. The van der Waals surface area contributed by atoms with Gasteiger partial charge in [-0.25, -0.2) is 0 Å². The second kappa shape index (κ2) is 2.60. The van der Waals surface area contributed by atoms with Gasteiger partial charge in [0.05, 0.1) is 0 Å². The molecule has 1 saturated heterocycles. The Hall–Kier alpha value is -0.820. The molecule has 2 rings (SSSR count). The van der Waals surface area contributed by atoms with Crippen LogP contribution >= 0.6 is 0 Å². The second-order valence-electron chi connectivity index (χ2n) is 4.11. The van der Waals surface area contributed by atoms with Gasteiger partial charge in [0.2, 0.25) is 0 Å². The summed E-state index contributed by atoms with van der Waals surface area (Å²) in [5.41, 5.74) is 1.80. The van der Waals surface area contributed by atoms with Crippen LogP contribution in [0.3, 0.4) is 0 Å². The summed E-state index contributed by atoms with van der Waals surface area (Å²) in [4.78, 5) is 0. The van der Waals surface area contributed by atoms with Crippen molar-refractivity contribution in [3.63, 3.8) is 0 Å². The molecule has 1 aromatic carbocycles.